The minimum absolute atomic E-state index is 0.0201. The van der Waals surface area contributed by atoms with Gasteiger partial charge in [-0.15, -0.1) is 0 Å². The number of anilines is 1. The van der Waals surface area contributed by atoms with Crippen molar-refractivity contribution in [3.05, 3.63) is 33.9 Å². The van der Waals surface area contributed by atoms with E-state index < -0.39 is 4.92 Å². The van der Waals surface area contributed by atoms with E-state index in [1.807, 2.05) is 11.8 Å². The molecule has 0 radical (unpaired) electrons. The molecule has 1 aromatic carbocycles. The van der Waals surface area contributed by atoms with Crippen molar-refractivity contribution in [1.29, 1.82) is 0 Å². The first-order valence-electron chi connectivity index (χ1n) is 8.80. The first kappa shape index (κ1) is 19.2. The van der Waals surface area contributed by atoms with Crippen LogP contribution in [0, 0.1) is 16.0 Å². The Labute approximate surface area is 148 Å². The van der Waals surface area contributed by atoms with Crippen molar-refractivity contribution in [1.82, 2.24) is 5.32 Å². The first-order valence-corrected chi connectivity index (χ1v) is 8.80. The fourth-order valence-electron chi connectivity index (χ4n) is 2.86. The number of nitrogens with zero attached hydrogens (tertiary/aromatic N) is 2. The van der Waals surface area contributed by atoms with Crippen molar-refractivity contribution in [2.45, 2.75) is 39.7 Å². The topological polar surface area (TPSA) is 84.7 Å². The second-order valence-electron chi connectivity index (χ2n) is 6.90. The van der Waals surface area contributed by atoms with E-state index in [2.05, 4.69) is 19.2 Å². The Morgan fingerprint density at radius 3 is 2.56 bits per heavy atom. The maximum Gasteiger partial charge on any atom is 0.270 e. The lowest BCUT2D eigenvalue weighted by atomic mass is 10.0. The lowest BCUT2D eigenvalue weighted by molar-refractivity contribution is -0.384. The molecule has 0 spiro atoms. The summed E-state index contributed by atoms with van der Waals surface area (Å²) in [5, 5.41) is 14.1. The number of nitro groups is 1. The molecule has 1 aromatic rings. The third-order valence-corrected chi connectivity index (χ3v) is 4.34. The highest BCUT2D eigenvalue weighted by Gasteiger charge is 2.22. The average Bonchev–Trinajstić information content (AvgIpc) is 2.60. The summed E-state index contributed by atoms with van der Waals surface area (Å²) >= 11 is 0. The molecule has 1 N–H and O–H groups in total. The third kappa shape index (κ3) is 5.42. The molecule has 0 aliphatic carbocycles. The molecule has 1 heterocycles. The van der Waals surface area contributed by atoms with Crippen molar-refractivity contribution < 1.29 is 14.5 Å². The summed E-state index contributed by atoms with van der Waals surface area (Å²) < 4.78 is 5.35. The zero-order valence-electron chi connectivity index (χ0n) is 15.2. The minimum atomic E-state index is -0.470. The maximum atomic E-state index is 12.7. The van der Waals surface area contributed by atoms with Crippen LogP contribution in [0.1, 0.15) is 44.0 Å². The van der Waals surface area contributed by atoms with Gasteiger partial charge in [-0.2, -0.15) is 0 Å². The summed E-state index contributed by atoms with van der Waals surface area (Å²) in [6.45, 7) is 8.76. The number of amides is 1. The Balaban J connectivity index is 2.21. The van der Waals surface area contributed by atoms with Crippen LogP contribution in [0.15, 0.2) is 18.2 Å². The summed E-state index contributed by atoms with van der Waals surface area (Å²) in [6.07, 6.45) is 1.90. The Hall–Kier alpha value is -2.15. The minimum Gasteiger partial charge on any atom is -0.378 e. The molecule has 1 fully saturated rings. The Morgan fingerprint density at radius 2 is 1.96 bits per heavy atom. The smallest absolute Gasteiger partial charge is 0.270 e. The maximum absolute atomic E-state index is 12.7. The Morgan fingerprint density at radius 1 is 1.28 bits per heavy atom. The Kier molecular flexibility index (Phi) is 6.75. The van der Waals surface area contributed by atoms with Crippen molar-refractivity contribution in [3.8, 4) is 0 Å². The number of nitrogens with one attached hydrogen (secondary N) is 1. The second-order valence-corrected chi connectivity index (χ2v) is 6.90. The SMILES string of the molecule is CC(C)CCC(C)NC(=O)c1cc([N+](=O)[O-])ccc1N1CCOCC1. The monoisotopic (exact) mass is 349 g/mol. The highest BCUT2D eigenvalue weighted by Crippen LogP contribution is 2.26. The zero-order chi connectivity index (χ0) is 18.4. The van der Waals surface area contributed by atoms with Gasteiger partial charge in [0.2, 0.25) is 0 Å². The summed E-state index contributed by atoms with van der Waals surface area (Å²) in [6, 6.07) is 4.50. The number of morpholine rings is 1. The number of hydrogen-bond donors (Lipinski definition) is 1. The quantitative estimate of drug-likeness (QED) is 0.604. The lowest BCUT2D eigenvalue weighted by Crippen LogP contribution is -2.39. The zero-order valence-corrected chi connectivity index (χ0v) is 15.2. The largest absolute Gasteiger partial charge is 0.378 e. The van der Waals surface area contributed by atoms with Crippen LogP contribution >= 0.6 is 0 Å². The lowest BCUT2D eigenvalue weighted by Gasteiger charge is -2.30. The van der Waals surface area contributed by atoms with Gasteiger partial charge in [-0.3, -0.25) is 14.9 Å². The summed E-state index contributed by atoms with van der Waals surface area (Å²) in [5.41, 5.74) is 1.01. The van der Waals surface area contributed by atoms with Gasteiger partial charge in [0.05, 0.1) is 29.4 Å². The van der Waals surface area contributed by atoms with Gasteiger partial charge in [-0.05, 0) is 31.7 Å². The fourth-order valence-corrected chi connectivity index (χ4v) is 2.86. The van der Waals surface area contributed by atoms with Crippen LogP contribution in [0.2, 0.25) is 0 Å². The number of ether oxygens (including phenoxy) is 1. The molecule has 25 heavy (non-hydrogen) atoms. The number of carbonyl (C=O) groups is 1. The van der Waals surface area contributed by atoms with Gasteiger partial charge in [-0.25, -0.2) is 0 Å². The van der Waals surface area contributed by atoms with Gasteiger partial charge in [0.1, 0.15) is 0 Å². The van der Waals surface area contributed by atoms with Gasteiger partial charge in [0.25, 0.3) is 11.6 Å². The van der Waals surface area contributed by atoms with Crippen LogP contribution in [-0.4, -0.2) is 43.2 Å². The first-order chi connectivity index (χ1) is 11.9. The van der Waals surface area contributed by atoms with Gasteiger partial charge in [0.15, 0.2) is 0 Å². The second kappa shape index (κ2) is 8.80. The van der Waals surface area contributed by atoms with Crippen LogP contribution < -0.4 is 10.2 Å². The molecule has 1 unspecified atom stereocenters. The van der Waals surface area contributed by atoms with Gasteiger partial charge in [-0.1, -0.05) is 13.8 Å². The fraction of sp³-hybridized carbons (Fsp3) is 0.611. The molecule has 1 amide bonds. The number of non-ortho nitro benzene ring substituents is 1. The molecule has 0 aromatic heterocycles. The average molecular weight is 349 g/mol. The van der Waals surface area contributed by atoms with Crippen LogP contribution in [0.5, 0.6) is 0 Å². The van der Waals surface area contributed by atoms with Crippen LogP contribution in [0.4, 0.5) is 11.4 Å². The number of hydrogen-bond acceptors (Lipinski definition) is 5. The predicted molar refractivity (Wildman–Crippen MR) is 97.1 cm³/mol. The third-order valence-electron chi connectivity index (χ3n) is 4.34. The molecule has 1 saturated heterocycles. The standard InChI is InChI=1S/C18H27N3O4/c1-13(2)4-5-14(3)19-18(22)16-12-15(21(23)24)6-7-17(16)20-8-10-25-11-9-20/h6-7,12-14H,4-5,8-11H2,1-3H3,(H,19,22). The van der Waals surface area contributed by atoms with E-state index in [0.29, 0.717) is 37.8 Å². The normalized spacial score (nSPS) is 15.9. The summed E-state index contributed by atoms with van der Waals surface area (Å²) in [4.78, 5) is 25.4. The molecule has 138 valence electrons. The highest BCUT2D eigenvalue weighted by molar-refractivity contribution is 6.00. The predicted octanol–water partition coefficient (Wildman–Crippen LogP) is 2.99. The van der Waals surface area contributed by atoms with Gasteiger partial charge in [0, 0.05) is 31.3 Å². The van der Waals surface area contributed by atoms with Gasteiger partial charge >= 0.3 is 0 Å². The summed E-state index contributed by atoms with van der Waals surface area (Å²) in [5.74, 6) is 0.308. The van der Waals surface area contributed by atoms with Gasteiger partial charge < -0.3 is 15.0 Å². The van der Waals surface area contributed by atoms with E-state index in [1.54, 1.807) is 6.07 Å². The van der Waals surface area contributed by atoms with E-state index in [9.17, 15) is 14.9 Å². The molecular weight excluding hydrogens is 322 g/mol. The number of carbonyl (C=O) groups excluding carboxylic acids is 1. The van der Waals surface area contributed by atoms with Crippen LogP contribution in [0.25, 0.3) is 0 Å². The molecule has 1 aliphatic heterocycles. The molecular formula is C18H27N3O4. The van der Waals surface area contributed by atoms with E-state index in [4.69, 9.17) is 4.74 Å². The highest BCUT2D eigenvalue weighted by atomic mass is 16.6. The molecule has 7 nitrogen and oxygen atoms in total. The number of rotatable bonds is 7. The van der Waals surface area contributed by atoms with Crippen LogP contribution in [0.3, 0.4) is 0 Å². The van der Waals surface area contributed by atoms with Crippen molar-refractivity contribution in [2.75, 3.05) is 31.2 Å². The number of benzene rings is 1. The van der Waals surface area contributed by atoms with E-state index >= 15 is 0 Å². The molecule has 7 heteroatoms. The Bertz CT molecular complexity index is 612. The van der Waals surface area contributed by atoms with Crippen LogP contribution in [-0.2, 0) is 4.74 Å². The van der Waals surface area contributed by atoms with E-state index in [0.717, 1.165) is 18.5 Å². The molecule has 0 bridgehead atoms. The molecule has 1 aliphatic rings. The number of nitro benzene ring substituents is 1. The molecule has 1 atom stereocenters. The van der Waals surface area contributed by atoms with E-state index in [1.165, 1.54) is 12.1 Å². The van der Waals surface area contributed by atoms with Crippen molar-refractivity contribution >= 4 is 17.3 Å². The van der Waals surface area contributed by atoms with E-state index in [-0.39, 0.29) is 17.6 Å². The van der Waals surface area contributed by atoms with Crippen molar-refractivity contribution in [3.63, 3.8) is 0 Å². The summed E-state index contributed by atoms with van der Waals surface area (Å²) in [7, 11) is 0. The molecule has 2 rings (SSSR count). The molecule has 0 saturated carbocycles. The van der Waals surface area contributed by atoms with Crippen molar-refractivity contribution in [2.24, 2.45) is 5.92 Å².